The van der Waals surface area contributed by atoms with E-state index >= 15 is 0 Å². The Morgan fingerprint density at radius 3 is 2.69 bits per heavy atom. The summed E-state index contributed by atoms with van der Waals surface area (Å²) in [6.45, 7) is 4.29. The number of amides is 2. The van der Waals surface area contributed by atoms with Gasteiger partial charge in [-0.1, -0.05) is 0 Å². The Kier molecular flexibility index (Phi) is 8.17. The van der Waals surface area contributed by atoms with E-state index in [0.717, 1.165) is 19.5 Å². The molecule has 2 rings (SSSR count). The fourth-order valence-corrected chi connectivity index (χ4v) is 3.55. The normalized spacial score (nSPS) is 17.3. The number of thiophene rings is 1. The molecule has 5 nitrogen and oxygen atoms in total. The molecule has 0 aromatic carbocycles. The van der Waals surface area contributed by atoms with E-state index in [-0.39, 0.29) is 18.7 Å². The van der Waals surface area contributed by atoms with Crippen LogP contribution in [0.25, 0.3) is 0 Å². The number of rotatable bonds is 8. The van der Waals surface area contributed by atoms with E-state index in [1.807, 2.05) is 12.3 Å². The molecular weight excluding hydrogens is 367 g/mol. The van der Waals surface area contributed by atoms with Crippen LogP contribution in [0.5, 0.6) is 0 Å². The molecule has 0 spiro atoms. The number of piperazine rings is 1. The molecule has 1 aliphatic heterocycles. The van der Waals surface area contributed by atoms with Crippen molar-refractivity contribution in [3.63, 3.8) is 0 Å². The van der Waals surface area contributed by atoms with E-state index in [0.29, 0.717) is 26.1 Å². The second-order valence-electron chi connectivity index (χ2n) is 6.54. The van der Waals surface area contributed by atoms with Gasteiger partial charge in [-0.15, -0.1) is 0 Å². The summed E-state index contributed by atoms with van der Waals surface area (Å²) in [4.78, 5) is 16.3. The highest BCUT2D eigenvalue weighted by Gasteiger charge is 2.27. The van der Waals surface area contributed by atoms with Gasteiger partial charge >= 0.3 is 12.2 Å². The molecular formula is C17H26F3N3O2S. The zero-order valence-corrected chi connectivity index (χ0v) is 15.7. The quantitative estimate of drug-likeness (QED) is 0.691. The number of hydrogen-bond acceptors (Lipinski definition) is 4. The van der Waals surface area contributed by atoms with Crippen molar-refractivity contribution in [3.8, 4) is 0 Å². The van der Waals surface area contributed by atoms with Crippen LogP contribution < -0.4 is 5.32 Å². The van der Waals surface area contributed by atoms with Gasteiger partial charge in [0.25, 0.3) is 0 Å². The summed E-state index contributed by atoms with van der Waals surface area (Å²) in [5, 5.41) is 7.13. The van der Waals surface area contributed by atoms with Gasteiger partial charge in [-0.05, 0) is 42.2 Å². The monoisotopic (exact) mass is 393 g/mol. The molecule has 1 aromatic rings. The Labute approximate surface area is 156 Å². The molecule has 0 aliphatic carbocycles. The zero-order chi connectivity index (χ0) is 19.0. The van der Waals surface area contributed by atoms with Gasteiger partial charge in [-0.3, -0.25) is 4.90 Å². The molecule has 1 unspecified atom stereocenters. The van der Waals surface area contributed by atoms with E-state index in [9.17, 15) is 18.0 Å². The van der Waals surface area contributed by atoms with Crippen molar-refractivity contribution in [2.45, 2.75) is 32.0 Å². The topological polar surface area (TPSA) is 44.8 Å². The van der Waals surface area contributed by atoms with Crippen molar-refractivity contribution in [3.05, 3.63) is 22.4 Å². The van der Waals surface area contributed by atoms with Crippen LogP contribution in [0.4, 0.5) is 18.0 Å². The van der Waals surface area contributed by atoms with Crippen LogP contribution in [0.2, 0.25) is 0 Å². The molecule has 1 fully saturated rings. The second-order valence-corrected chi connectivity index (χ2v) is 7.32. The largest absolute Gasteiger partial charge is 0.411 e. The summed E-state index contributed by atoms with van der Waals surface area (Å²) in [6, 6.07) is 2.08. The van der Waals surface area contributed by atoms with Crippen molar-refractivity contribution in [1.29, 1.82) is 0 Å². The Bertz CT molecular complexity index is 532. The average molecular weight is 393 g/mol. The lowest BCUT2D eigenvalue weighted by atomic mass is 10.1. The fourth-order valence-electron chi connectivity index (χ4n) is 2.87. The number of alkyl halides is 3. The highest BCUT2D eigenvalue weighted by molar-refractivity contribution is 7.07. The fraction of sp³-hybridized carbons (Fsp3) is 0.706. The van der Waals surface area contributed by atoms with Crippen LogP contribution in [-0.2, 0) is 11.2 Å². The summed E-state index contributed by atoms with van der Waals surface area (Å²) in [7, 11) is 0. The molecule has 26 heavy (non-hydrogen) atoms. The van der Waals surface area contributed by atoms with Gasteiger partial charge in [0.2, 0.25) is 0 Å². The Morgan fingerprint density at radius 1 is 1.35 bits per heavy atom. The molecule has 1 N–H and O–H groups in total. The molecule has 0 bridgehead atoms. The number of nitrogens with zero attached hydrogens (tertiary/aromatic N) is 2. The minimum atomic E-state index is -4.26. The molecule has 2 amide bonds. The summed E-state index contributed by atoms with van der Waals surface area (Å²) in [6.07, 6.45) is -2.90. The lowest BCUT2D eigenvalue weighted by Gasteiger charge is -2.35. The third-order valence-corrected chi connectivity index (χ3v) is 4.91. The minimum absolute atomic E-state index is 0.0547. The van der Waals surface area contributed by atoms with Crippen LogP contribution in [0.1, 0.15) is 18.9 Å². The molecule has 0 saturated carbocycles. The molecule has 148 valence electrons. The number of hydrogen-bond donors (Lipinski definition) is 1. The molecule has 1 aromatic heterocycles. The number of ether oxygens (including phenoxy) is 1. The number of nitrogens with one attached hydrogen (secondary N) is 1. The highest BCUT2D eigenvalue weighted by atomic mass is 32.1. The van der Waals surface area contributed by atoms with Gasteiger partial charge in [-0.2, -0.15) is 24.5 Å². The third kappa shape index (κ3) is 7.92. The Balaban J connectivity index is 1.58. The van der Waals surface area contributed by atoms with Gasteiger partial charge in [0.15, 0.2) is 0 Å². The highest BCUT2D eigenvalue weighted by Crippen LogP contribution is 2.14. The van der Waals surface area contributed by atoms with Crippen molar-refractivity contribution in [1.82, 2.24) is 15.1 Å². The maximum atomic E-state index is 12.3. The molecule has 1 atom stereocenters. The first-order chi connectivity index (χ1) is 12.3. The minimum Gasteiger partial charge on any atom is -0.372 e. The average Bonchev–Trinajstić information content (AvgIpc) is 3.06. The van der Waals surface area contributed by atoms with E-state index in [1.165, 1.54) is 5.56 Å². The summed E-state index contributed by atoms with van der Waals surface area (Å²) in [5.41, 5.74) is 1.22. The molecule has 9 heteroatoms. The zero-order valence-electron chi connectivity index (χ0n) is 14.9. The van der Waals surface area contributed by atoms with Gasteiger partial charge in [-0.25, -0.2) is 4.79 Å². The van der Waals surface area contributed by atoms with Gasteiger partial charge < -0.3 is 15.0 Å². The van der Waals surface area contributed by atoms with E-state index < -0.39 is 12.8 Å². The van der Waals surface area contributed by atoms with Crippen molar-refractivity contribution >= 4 is 17.4 Å². The van der Waals surface area contributed by atoms with Crippen LogP contribution in [-0.4, -0.2) is 74.0 Å². The van der Waals surface area contributed by atoms with Gasteiger partial charge in [0, 0.05) is 45.4 Å². The van der Waals surface area contributed by atoms with Crippen LogP contribution in [0.3, 0.4) is 0 Å². The Morgan fingerprint density at radius 2 is 2.08 bits per heavy atom. The maximum Gasteiger partial charge on any atom is 0.411 e. The van der Waals surface area contributed by atoms with Crippen LogP contribution in [0.15, 0.2) is 16.8 Å². The first-order valence-corrected chi connectivity index (χ1v) is 9.71. The predicted octanol–water partition coefficient (Wildman–Crippen LogP) is 2.98. The van der Waals surface area contributed by atoms with Crippen molar-refractivity contribution < 1.29 is 22.7 Å². The van der Waals surface area contributed by atoms with E-state index in [4.69, 9.17) is 0 Å². The number of urea groups is 1. The molecule has 0 radical (unpaired) electrons. The number of carbonyl (C=O) groups excluding carboxylic acids is 1. The standard InChI is InChI=1S/C17H26F3N3O2S/c1-14(11-15-3-10-26-12-15)21-16(24)23-7-5-22(6-8-23)4-2-9-25-13-17(18,19)20/h3,10,12,14H,2,4-9,11,13H2,1H3,(H,21,24). The lowest BCUT2D eigenvalue weighted by Crippen LogP contribution is -2.53. The first-order valence-electron chi connectivity index (χ1n) is 8.77. The summed E-state index contributed by atoms with van der Waals surface area (Å²) >= 11 is 1.65. The van der Waals surface area contributed by atoms with E-state index in [2.05, 4.69) is 26.4 Å². The second kappa shape index (κ2) is 10.1. The van der Waals surface area contributed by atoms with Crippen molar-refractivity contribution in [2.75, 3.05) is 45.9 Å². The molecule has 2 heterocycles. The third-order valence-electron chi connectivity index (χ3n) is 4.18. The summed E-state index contributed by atoms with van der Waals surface area (Å²) in [5.74, 6) is 0. The SMILES string of the molecule is CC(Cc1ccsc1)NC(=O)N1CCN(CCCOCC(F)(F)F)CC1. The maximum absolute atomic E-state index is 12.3. The summed E-state index contributed by atoms with van der Waals surface area (Å²) < 4.78 is 40.5. The predicted molar refractivity (Wildman–Crippen MR) is 95.5 cm³/mol. The smallest absolute Gasteiger partial charge is 0.372 e. The van der Waals surface area contributed by atoms with Crippen LogP contribution in [0, 0.1) is 0 Å². The Hall–Kier alpha value is -1.32. The molecule has 1 aliphatic rings. The number of halogens is 3. The lowest BCUT2D eigenvalue weighted by molar-refractivity contribution is -0.174. The van der Waals surface area contributed by atoms with E-state index in [1.54, 1.807) is 16.2 Å². The number of carbonyl (C=O) groups is 1. The van der Waals surface area contributed by atoms with Crippen molar-refractivity contribution in [2.24, 2.45) is 0 Å². The molecule has 1 saturated heterocycles. The van der Waals surface area contributed by atoms with Crippen LogP contribution >= 0.6 is 11.3 Å². The first kappa shape index (κ1) is 21.0. The van der Waals surface area contributed by atoms with Gasteiger partial charge in [0.1, 0.15) is 6.61 Å². The van der Waals surface area contributed by atoms with Gasteiger partial charge in [0.05, 0.1) is 0 Å².